The van der Waals surface area contributed by atoms with E-state index in [0.717, 1.165) is 32.0 Å². The largest absolute Gasteiger partial charge is 0.393 e. The lowest BCUT2D eigenvalue weighted by Gasteiger charge is -2.29. The van der Waals surface area contributed by atoms with E-state index in [1.54, 1.807) is 0 Å². The van der Waals surface area contributed by atoms with Crippen molar-refractivity contribution in [1.82, 2.24) is 10.2 Å². The van der Waals surface area contributed by atoms with E-state index in [-0.39, 0.29) is 16.8 Å². The minimum Gasteiger partial charge on any atom is -0.393 e. The minimum absolute atomic E-state index is 0.0954. The number of aliphatic hydroxyl groups excluding tert-OH is 1. The number of anilines is 1. The van der Waals surface area contributed by atoms with Gasteiger partial charge in [0.05, 0.1) is 11.8 Å². The summed E-state index contributed by atoms with van der Waals surface area (Å²) in [5.74, 6) is -0.567. The number of halogens is 2. The number of hydrogen-bond donors (Lipinski definition) is 3. The van der Waals surface area contributed by atoms with Gasteiger partial charge in [-0.15, -0.1) is 0 Å². The van der Waals surface area contributed by atoms with E-state index in [1.807, 2.05) is 0 Å². The summed E-state index contributed by atoms with van der Waals surface area (Å²) < 4.78 is 13.5. The van der Waals surface area contributed by atoms with Gasteiger partial charge in [0.25, 0.3) is 0 Å². The summed E-state index contributed by atoms with van der Waals surface area (Å²) in [4.78, 5) is 13.8. The van der Waals surface area contributed by atoms with Crippen molar-refractivity contribution in [3.8, 4) is 0 Å². The van der Waals surface area contributed by atoms with Crippen LogP contribution in [0.1, 0.15) is 12.8 Å². The van der Waals surface area contributed by atoms with Crippen LogP contribution < -0.4 is 10.6 Å². The monoisotopic (exact) mass is 315 g/mol. The van der Waals surface area contributed by atoms with Gasteiger partial charge in [0, 0.05) is 31.2 Å². The fourth-order valence-corrected chi connectivity index (χ4v) is 2.39. The zero-order valence-corrected chi connectivity index (χ0v) is 12.4. The van der Waals surface area contributed by atoms with E-state index in [1.165, 1.54) is 12.1 Å². The molecular formula is C14H19ClFN3O2. The van der Waals surface area contributed by atoms with Crippen molar-refractivity contribution in [2.45, 2.75) is 18.9 Å². The van der Waals surface area contributed by atoms with Gasteiger partial charge in [0.15, 0.2) is 0 Å². The average Bonchev–Trinajstić information content (AvgIpc) is 2.44. The van der Waals surface area contributed by atoms with Crippen LogP contribution >= 0.6 is 11.6 Å². The van der Waals surface area contributed by atoms with Crippen LogP contribution in [0.4, 0.5) is 14.9 Å². The lowest BCUT2D eigenvalue weighted by Crippen LogP contribution is -2.41. The Morgan fingerprint density at radius 3 is 2.81 bits per heavy atom. The number of piperidine rings is 1. The highest BCUT2D eigenvalue weighted by molar-refractivity contribution is 6.30. The number of nitrogens with one attached hydrogen (secondary N) is 2. The SMILES string of the molecule is O=C(NCCN1CCC(O)CC1)Nc1ccc(Cl)cc1F. The molecular weight excluding hydrogens is 297 g/mol. The molecule has 3 N–H and O–H groups in total. The zero-order chi connectivity index (χ0) is 15.2. The van der Waals surface area contributed by atoms with Crippen molar-refractivity contribution in [2.75, 3.05) is 31.5 Å². The van der Waals surface area contributed by atoms with Crippen LogP contribution in [0.2, 0.25) is 5.02 Å². The van der Waals surface area contributed by atoms with Gasteiger partial charge >= 0.3 is 6.03 Å². The van der Waals surface area contributed by atoms with E-state index >= 15 is 0 Å². The summed E-state index contributed by atoms with van der Waals surface area (Å²) in [6.45, 7) is 2.84. The minimum atomic E-state index is -0.567. The van der Waals surface area contributed by atoms with Gasteiger partial charge in [0.2, 0.25) is 0 Å². The maximum absolute atomic E-state index is 13.5. The highest BCUT2D eigenvalue weighted by Crippen LogP contribution is 2.18. The number of aliphatic hydroxyl groups is 1. The van der Waals surface area contributed by atoms with Crippen LogP contribution in [0.3, 0.4) is 0 Å². The Kier molecular flexibility index (Phi) is 5.78. The average molecular weight is 316 g/mol. The van der Waals surface area contributed by atoms with E-state index in [2.05, 4.69) is 15.5 Å². The first-order valence-electron chi connectivity index (χ1n) is 6.95. The van der Waals surface area contributed by atoms with E-state index in [4.69, 9.17) is 11.6 Å². The number of rotatable bonds is 4. The second-order valence-corrected chi connectivity index (χ2v) is 5.51. The van der Waals surface area contributed by atoms with Crippen molar-refractivity contribution in [3.05, 3.63) is 29.0 Å². The summed E-state index contributed by atoms with van der Waals surface area (Å²) in [6.07, 6.45) is 1.33. The standard InChI is InChI=1S/C14H19ClFN3O2/c15-10-1-2-13(12(16)9-10)18-14(21)17-5-8-19-6-3-11(20)4-7-19/h1-2,9,11,20H,3-8H2,(H2,17,18,21). The quantitative estimate of drug-likeness (QED) is 0.797. The fourth-order valence-electron chi connectivity index (χ4n) is 2.23. The van der Waals surface area contributed by atoms with E-state index in [0.29, 0.717) is 13.1 Å². The molecule has 1 aliphatic heterocycles. The van der Waals surface area contributed by atoms with Gasteiger partial charge in [-0.25, -0.2) is 9.18 Å². The molecule has 1 aromatic carbocycles. The molecule has 116 valence electrons. The van der Waals surface area contributed by atoms with Gasteiger partial charge in [-0.1, -0.05) is 11.6 Å². The van der Waals surface area contributed by atoms with Crippen LogP contribution in [0.25, 0.3) is 0 Å². The molecule has 0 saturated carbocycles. The number of likely N-dealkylation sites (tertiary alicyclic amines) is 1. The molecule has 5 nitrogen and oxygen atoms in total. The van der Waals surface area contributed by atoms with Crippen molar-refractivity contribution in [2.24, 2.45) is 0 Å². The molecule has 0 aromatic heterocycles. The lowest BCUT2D eigenvalue weighted by atomic mass is 10.1. The van der Waals surface area contributed by atoms with Gasteiger partial charge in [-0.05, 0) is 31.0 Å². The predicted octanol–water partition coefficient (Wildman–Crippen LogP) is 2.06. The van der Waals surface area contributed by atoms with Crippen molar-refractivity contribution >= 4 is 23.3 Å². The van der Waals surface area contributed by atoms with E-state index < -0.39 is 11.8 Å². The summed E-state index contributed by atoms with van der Waals surface area (Å²) in [7, 11) is 0. The Morgan fingerprint density at radius 1 is 1.43 bits per heavy atom. The second-order valence-electron chi connectivity index (χ2n) is 5.08. The smallest absolute Gasteiger partial charge is 0.319 e. The molecule has 1 saturated heterocycles. The molecule has 0 atom stereocenters. The van der Waals surface area contributed by atoms with E-state index in [9.17, 15) is 14.3 Å². The van der Waals surface area contributed by atoms with Crippen molar-refractivity contribution in [1.29, 1.82) is 0 Å². The molecule has 21 heavy (non-hydrogen) atoms. The Balaban J connectivity index is 1.70. The van der Waals surface area contributed by atoms with Crippen LogP contribution in [-0.4, -0.2) is 48.3 Å². The number of carbonyl (C=O) groups excluding carboxylic acids is 1. The number of benzene rings is 1. The lowest BCUT2D eigenvalue weighted by molar-refractivity contribution is 0.0833. The highest BCUT2D eigenvalue weighted by atomic mass is 35.5. The normalized spacial score (nSPS) is 16.7. The van der Waals surface area contributed by atoms with Gasteiger partial charge in [-0.3, -0.25) is 0 Å². The number of amides is 2. The number of urea groups is 1. The van der Waals surface area contributed by atoms with Crippen LogP contribution in [0.5, 0.6) is 0 Å². The molecule has 1 fully saturated rings. The third kappa shape index (κ3) is 5.15. The van der Waals surface area contributed by atoms with Crippen LogP contribution in [0.15, 0.2) is 18.2 Å². The molecule has 7 heteroatoms. The summed E-state index contributed by atoms with van der Waals surface area (Å²) in [5, 5.41) is 14.8. The summed E-state index contributed by atoms with van der Waals surface area (Å²) in [5.41, 5.74) is 0.0954. The molecule has 1 aromatic rings. The molecule has 2 amide bonds. The Labute approximate surface area is 128 Å². The molecule has 1 aliphatic rings. The highest BCUT2D eigenvalue weighted by Gasteiger charge is 2.16. The maximum atomic E-state index is 13.5. The molecule has 2 rings (SSSR count). The molecule has 0 bridgehead atoms. The molecule has 0 spiro atoms. The molecule has 0 radical (unpaired) electrons. The maximum Gasteiger partial charge on any atom is 0.319 e. The van der Waals surface area contributed by atoms with Crippen molar-refractivity contribution in [3.63, 3.8) is 0 Å². The topological polar surface area (TPSA) is 64.6 Å². The van der Waals surface area contributed by atoms with Crippen LogP contribution in [-0.2, 0) is 0 Å². The van der Waals surface area contributed by atoms with Gasteiger partial charge < -0.3 is 20.6 Å². The molecule has 0 unspecified atom stereocenters. The Morgan fingerprint density at radius 2 is 2.14 bits per heavy atom. The number of nitrogens with zero attached hydrogens (tertiary/aromatic N) is 1. The summed E-state index contributed by atoms with van der Waals surface area (Å²) in [6, 6.07) is 3.63. The number of carbonyl (C=O) groups is 1. The molecule has 1 heterocycles. The zero-order valence-electron chi connectivity index (χ0n) is 11.6. The fraction of sp³-hybridized carbons (Fsp3) is 0.500. The third-order valence-electron chi connectivity index (χ3n) is 3.45. The number of hydrogen-bond acceptors (Lipinski definition) is 3. The molecule has 0 aliphatic carbocycles. The first-order valence-corrected chi connectivity index (χ1v) is 7.33. The van der Waals surface area contributed by atoms with Gasteiger partial charge in [-0.2, -0.15) is 0 Å². The Bertz CT molecular complexity index is 493. The first-order chi connectivity index (χ1) is 10.0. The second kappa shape index (κ2) is 7.59. The van der Waals surface area contributed by atoms with Crippen molar-refractivity contribution < 1.29 is 14.3 Å². The first kappa shape index (κ1) is 16.0. The third-order valence-corrected chi connectivity index (χ3v) is 3.69. The predicted molar refractivity (Wildman–Crippen MR) is 80.1 cm³/mol. The Hall–Kier alpha value is -1.37. The van der Waals surface area contributed by atoms with Gasteiger partial charge in [0.1, 0.15) is 5.82 Å². The summed E-state index contributed by atoms with van der Waals surface area (Å²) >= 11 is 5.64. The van der Waals surface area contributed by atoms with Crippen LogP contribution in [0, 0.1) is 5.82 Å².